The lowest BCUT2D eigenvalue weighted by molar-refractivity contribution is -0.872. The second-order valence-corrected chi connectivity index (χ2v) is 6.94. The zero-order chi connectivity index (χ0) is 19.1. The monoisotopic (exact) mass is 354 g/mol. The van der Waals surface area contributed by atoms with Gasteiger partial charge in [0.25, 0.3) is 5.91 Å². The van der Waals surface area contributed by atoms with Gasteiger partial charge in [-0.15, -0.1) is 0 Å². The van der Waals surface area contributed by atoms with E-state index in [1.54, 1.807) is 19.1 Å². The van der Waals surface area contributed by atoms with Gasteiger partial charge in [-0.3, -0.25) is 9.59 Å². The minimum absolute atomic E-state index is 0.196. The van der Waals surface area contributed by atoms with E-state index in [0.29, 0.717) is 12.1 Å². The molecule has 0 aromatic heterocycles. The van der Waals surface area contributed by atoms with Crippen LogP contribution in [0.15, 0.2) is 48.5 Å². The van der Waals surface area contributed by atoms with E-state index in [4.69, 9.17) is 0 Å². The molecule has 0 saturated carbocycles. The number of carbonyl (C=O) groups excluding carboxylic acids is 2. The van der Waals surface area contributed by atoms with Gasteiger partial charge >= 0.3 is 0 Å². The lowest BCUT2D eigenvalue weighted by atomic mass is 10.1. The van der Waals surface area contributed by atoms with Crippen LogP contribution in [0.3, 0.4) is 0 Å². The molecule has 2 amide bonds. The number of hydrogen-bond acceptors (Lipinski definition) is 2. The fourth-order valence-electron chi connectivity index (χ4n) is 2.75. The summed E-state index contributed by atoms with van der Waals surface area (Å²) in [6, 6.07) is 14.8. The summed E-state index contributed by atoms with van der Waals surface area (Å²) in [5.41, 5.74) is 3.88. The summed E-state index contributed by atoms with van der Waals surface area (Å²) >= 11 is 0. The Balaban J connectivity index is 1.92. The highest BCUT2D eigenvalue weighted by molar-refractivity contribution is 5.97. The van der Waals surface area contributed by atoms with E-state index in [0.717, 1.165) is 17.7 Å². The minimum atomic E-state index is -0.602. The van der Waals surface area contributed by atoms with Crippen LogP contribution in [0.25, 0.3) is 0 Å². The molecular formula is C21H28N3O2+. The Bertz CT molecular complexity index is 771. The van der Waals surface area contributed by atoms with Crippen LogP contribution >= 0.6 is 0 Å². The molecular weight excluding hydrogens is 326 g/mol. The van der Waals surface area contributed by atoms with Gasteiger partial charge in [-0.25, -0.2) is 0 Å². The van der Waals surface area contributed by atoms with Gasteiger partial charge < -0.3 is 15.5 Å². The quantitative estimate of drug-likeness (QED) is 0.697. The number of nitrogens with one attached hydrogen (secondary N) is 3. The van der Waals surface area contributed by atoms with E-state index in [1.807, 2.05) is 37.3 Å². The summed E-state index contributed by atoms with van der Waals surface area (Å²) in [7, 11) is 4.19. The molecule has 0 unspecified atom stereocenters. The third-order valence-electron chi connectivity index (χ3n) is 4.14. The van der Waals surface area contributed by atoms with Crippen molar-refractivity contribution >= 4 is 11.8 Å². The maximum atomic E-state index is 12.4. The van der Waals surface area contributed by atoms with Crippen LogP contribution in [-0.4, -0.2) is 32.0 Å². The third-order valence-corrected chi connectivity index (χ3v) is 4.14. The number of amides is 2. The summed E-state index contributed by atoms with van der Waals surface area (Å²) in [6.45, 7) is 4.97. The highest BCUT2D eigenvalue weighted by atomic mass is 16.2. The summed E-state index contributed by atoms with van der Waals surface area (Å²) in [5.74, 6) is -0.439. The number of quaternary nitrogens is 1. The average Bonchev–Trinajstić information content (AvgIpc) is 2.60. The van der Waals surface area contributed by atoms with Crippen LogP contribution in [-0.2, 0) is 17.9 Å². The molecule has 0 saturated heterocycles. The molecule has 3 N–H and O–H groups in total. The maximum absolute atomic E-state index is 12.4. The molecule has 2 aromatic carbocycles. The van der Waals surface area contributed by atoms with E-state index in [1.165, 1.54) is 10.5 Å². The zero-order valence-corrected chi connectivity index (χ0v) is 15.9. The standard InChI is InChI=1S/C21H27N3O2/c1-15-8-7-11-17(12-15)21(26)23-16(2)20(25)22-13-18-9-5-6-10-19(18)14-24(3)4/h5-12,16H,13-14H2,1-4H3,(H,22,25)(H,23,26)/p+1/t16-/m0/s1. The molecule has 2 aromatic rings. The van der Waals surface area contributed by atoms with Gasteiger partial charge in [-0.1, -0.05) is 42.0 Å². The van der Waals surface area contributed by atoms with Gasteiger partial charge in [-0.05, 0) is 31.5 Å². The zero-order valence-electron chi connectivity index (χ0n) is 15.9. The predicted octanol–water partition coefficient (Wildman–Crippen LogP) is 1.07. The maximum Gasteiger partial charge on any atom is 0.251 e. The van der Waals surface area contributed by atoms with Gasteiger partial charge in [0.15, 0.2) is 0 Å². The molecule has 0 fully saturated rings. The molecule has 2 rings (SSSR count). The summed E-state index contributed by atoms with van der Waals surface area (Å²) < 4.78 is 0. The third kappa shape index (κ3) is 5.70. The van der Waals surface area contributed by atoms with Crippen molar-refractivity contribution in [3.05, 3.63) is 70.8 Å². The van der Waals surface area contributed by atoms with E-state index in [-0.39, 0.29) is 11.8 Å². The van der Waals surface area contributed by atoms with E-state index in [9.17, 15) is 9.59 Å². The van der Waals surface area contributed by atoms with E-state index < -0.39 is 6.04 Å². The molecule has 5 heteroatoms. The normalized spacial score (nSPS) is 11.9. The summed E-state index contributed by atoms with van der Waals surface area (Å²) in [4.78, 5) is 25.9. The van der Waals surface area contributed by atoms with Crippen LogP contribution in [0.1, 0.15) is 34.0 Å². The van der Waals surface area contributed by atoms with Crippen LogP contribution < -0.4 is 15.5 Å². The van der Waals surface area contributed by atoms with Crippen molar-refractivity contribution in [1.29, 1.82) is 0 Å². The number of carbonyl (C=O) groups is 2. The van der Waals surface area contributed by atoms with Crippen molar-refractivity contribution in [3.63, 3.8) is 0 Å². The first kappa shape index (κ1) is 19.7. The number of aryl methyl sites for hydroxylation is 1. The van der Waals surface area contributed by atoms with Crippen molar-refractivity contribution in [2.24, 2.45) is 0 Å². The average molecular weight is 354 g/mol. The first-order chi connectivity index (χ1) is 12.4. The van der Waals surface area contributed by atoms with Crippen LogP contribution in [0.2, 0.25) is 0 Å². The fraction of sp³-hybridized carbons (Fsp3) is 0.333. The molecule has 26 heavy (non-hydrogen) atoms. The van der Waals surface area contributed by atoms with Crippen molar-refractivity contribution in [2.45, 2.75) is 33.0 Å². The first-order valence-electron chi connectivity index (χ1n) is 8.88. The predicted molar refractivity (Wildman–Crippen MR) is 103 cm³/mol. The van der Waals surface area contributed by atoms with Crippen molar-refractivity contribution < 1.29 is 14.5 Å². The van der Waals surface area contributed by atoms with Gasteiger partial charge in [0.1, 0.15) is 12.6 Å². The van der Waals surface area contributed by atoms with Gasteiger partial charge in [0, 0.05) is 17.7 Å². The van der Waals surface area contributed by atoms with Gasteiger partial charge in [0.05, 0.1) is 14.1 Å². The van der Waals surface area contributed by atoms with Crippen molar-refractivity contribution in [2.75, 3.05) is 14.1 Å². The molecule has 0 bridgehead atoms. The minimum Gasteiger partial charge on any atom is -0.350 e. The molecule has 0 spiro atoms. The highest BCUT2D eigenvalue weighted by Gasteiger charge is 2.17. The molecule has 0 aliphatic carbocycles. The molecule has 0 heterocycles. The number of hydrogen-bond donors (Lipinski definition) is 3. The lowest BCUT2D eigenvalue weighted by Gasteiger charge is -2.16. The van der Waals surface area contributed by atoms with Gasteiger partial charge in [-0.2, -0.15) is 0 Å². The second-order valence-electron chi connectivity index (χ2n) is 6.94. The molecule has 0 aliphatic heterocycles. The largest absolute Gasteiger partial charge is 0.350 e. The number of rotatable bonds is 7. The van der Waals surface area contributed by atoms with Gasteiger partial charge in [0.2, 0.25) is 5.91 Å². The summed E-state index contributed by atoms with van der Waals surface area (Å²) in [5, 5.41) is 5.67. The topological polar surface area (TPSA) is 62.6 Å². The first-order valence-corrected chi connectivity index (χ1v) is 8.88. The Kier molecular flexibility index (Phi) is 6.92. The SMILES string of the molecule is Cc1cccc(C(=O)N[C@@H](C)C(=O)NCc2ccccc2C[NH+](C)C)c1. The Labute approximate surface area is 155 Å². The van der Waals surface area contributed by atoms with Crippen LogP contribution in [0, 0.1) is 6.92 Å². The Hall–Kier alpha value is -2.66. The van der Waals surface area contributed by atoms with Crippen LogP contribution in [0.5, 0.6) is 0 Å². The molecule has 0 radical (unpaired) electrons. The fourth-order valence-corrected chi connectivity index (χ4v) is 2.75. The van der Waals surface area contributed by atoms with E-state index in [2.05, 4.69) is 30.8 Å². The molecule has 5 nitrogen and oxygen atoms in total. The smallest absolute Gasteiger partial charge is 0.251 e. The second kappa shape index (κ2) is 9.15. The molecule has 0 aliphatic rings. The van der Waals surface area contributed by atoms with Crippen molar-refractivity contribution in [1.82, 2.24) is 10.6 Å². The molecule has 1 atom stereocenters. The Morgan fingerprint density at radius 2 is 1.73 bits per heavy atom. The van der Waals surface area contributed by atoms with E-state index >= 15 is 0 Å². The number of benzene rings is 2. The Morgan fingerprint density at radius 1 is 1.04 bits per heavy atom. The summed E-state index contributed by atoms with van der Waals surface area (Å²) in [6.07, 6.45) is 0. The van der Waals surface area contributed by atoms with Crippen LogP contribution in [0.4, 0.5) is 0 Å². The van der Waals surface area contributed by atoms with Crippen molar-refractivity contribution in [3.8, 4) is 0 Å². The highest BCUT2D eigenvalue weighted by Crippen LogP contribution is 2.08. The Morgan fingerprint density at radius 3 is 2.38 bits per heavy atom. The lowest BCUT2D eigenvalue weighted by Crippen LogP contribution is -3.04. The molecule has 138 valence electrons.